The molecule has 0 saturated heterocycles. The van der Waals surface area contributed by atoms with Gasteiger partial charge >= 0.3 is 0 Å². The van der Waals surface area contributed by atoms with Crippen molar-refractivity contribution >= 4 is 44.6 Å². The van der Waals surface area contributed by atoms with E-state index in [-0.39, 0.29) is 27.1 Å². The summed E-state index contributed by atoms with van der Waals surface area (Å²) in [6, 6.07) is 0. The van der Waals surface area contributed by atoms with Crippen LogP contribution in [-0.2, 0) is 14.6 Å². The number of nitrogens with zero attached hydrogens (tertiary/aromatic N) is 2. The summed E-state index contributed by atoms with van der Waals surface area (Å²) >= 11 is 16.7. The van der Waals surface area contributed by atoms with E-state index in [0.717, 1.165) is 0 Å². The fourth-order valence-corrected chi connectivity index (χ4v) is 3.34. The molecule has 0 aromatic carbocycles. The van der Waals surface area contributed by atoms with E-state index in [0.29, 0.717) is 0 Å². The molecular formula is C7H7Cl3N2O3S. The standard InChI is InChI=1S/C7H7Cl3N2O3S/c1-2-15-3-16(13,14)4-5(8)11-7(10)12-6(4)9/h2-3H2,1H3. The predicted octanol–water partition coefficient (Wildman–Crippen LogP) is 2.20. The van der Waals surface area contributed by atoms with Gasteiger partial charge in [-0.15, -0.1) is 0 Å². The second kappa shape index (κ2) is 5.46. The summed E-state index contributed by atoms with van der Waals surface area (Å²) in [5.41, 5.74) is 0. The van der Waals surface area contributed by atoms with Crippen molar-refractivity contribution in [1.29, 1.82) is 0 Å². The zero-order valence-corrected chi connectivity index (χ0v) is 11.2. The van der Waals surface area contributed by atoms with Gasteiger partial charge in [0.1, 0.15) is 4.90 Å². The molecule has 0 amide bonds. The smallest absolute Gasteiger partial charge is 0.225 e. The quantitative estimate of drug-likeness (QED) is 0.630. The molecule has 5 nitrogen and oxygen atoms in total. The van der Waals surface area contributed by atoms with Crippen LogP contribution >= 0.6 is 34.8 Å². The van der Waals surface area contributed by atoms with Gasteiger partial charge in [-0.05, 0) is 18.5 Å². The number of ether oxygens (including phenoxy) is 1. The maximum absolute atomic E-state index is 11.7. The van der Waals surface area contributed by atoms with Gasteiger partial charge in [0.05, 0.1) is 0 Å². The van der Waals surface area contributed by atoms with Crippen LogP contribution in [0.5, 0.6) is 0 Å². The van der Waals surface area contributed by atoms with Crippen molar-refractivity contribution in [2.45, 2.75) is 11.8 Å². The normalized spacial score (nSPS) is 11.8. The highest BCUT2D eigenvalue weighted by Gasteiger charge is 2.24. The third-order valence-corrected chi connectivity index (χ3v) is 3.93. The Morgan fingerprint density at radius 2 is 1.69 bits per heavy atom. The number of aromatic nitrogens is 2. The van der Waals surface area contributed by atoms with Crippen LogP contribution in [0.2, 0.25) is 15.6 Å². The van der Waals surface area contributed by atoms with Gasteiger partial charge < -0.3 is 4.74 Å². The molecule has 0 aliphatic carbocycles. The lowest BCUT2D eigenvalue weighted by atomic mass is 10.7. The highest BCUT2D eigenvalue weighted by Crippen LogP contribution is 2.28. The molecule has 9 heteroatoms. The topological polar surface area (TPSA) is 69.2 Å². The Morgan fingerprint density at radius 1 is 1.19 bits per heavy atom. The number of rotatable bonds is 4. The van der Waals surface area contributed by atoms with E-state index >= 15 is 0 Å². The third-order valence-electron chi connectivity index (χ3n) is 1.51. The SMILES string of the molecule is CCOCS(=O)(=O)c1c(Cl)nc(Cl)nc1Cl. The molecule has 0 spiro atoms. The highest BCUT2D eigenvalue weighted by atomic mass is 35.5. The summed E-state index contributed by atoms with van der Waals surface area (Å²) in [5.74, 6) is -0.534. The van der Waals surface area contributed by atoms with Crippen molar-refractivity contribution in [1.82, 2.24) is 9.97 Å². The molecule has 0 atom stereocenters. The van der Waals surface area contributed by atoms with Crippen LogP contribution in [0, 0.1) is 0 Å². The minimum absolute atomic E-state index is 0.217. The maximum atomic E-state index is 11.7. The van der Waals surface area contributed by atoms with Crippen LogP contribution in [-0.4, -0.2) is 30.9 Å². The van der Waals surface area contributed by atoms with Gasteiger partial charge in [-0.2, -0.15) is 0 Å². The number of halogens is 3. The molecule has 1 heterocycles. The minimum atomic E-state index is -3.77. The Bertz CT molecular complexity index is 469. The molecule has 1 aromatic heterocycles. The molecule has 1 rings (SSSR count). The molecule has 0 fully saturated rings. The summed E-state index contributed by atoms with van der Waals surface area (Å²) in [5, 5.41) is -0.847. The second-order valence-electron chi connectivity index (χ2n) is 2.63. The molecule has 1 aromatic rings. The molecular weight excluding hydrogens is 299 g/mol. The predicted molar refractivity (Wildman–Crippen MR) is 60.7 cm³/mol. The van der Waals surface area contributed by atoms with E-state index < -0.39 is 15.8 Å². The molecule has 0 unspecified atom stereocenters. The number of sulfone groups is 1. The fourth-order valence-electron chi connectivity index (χ4n) is 0.882. The summed E-state index contributed by atoms with van der Waals surface area (Å²) < 4.78 is 28.3. The molecule has 0 N–H and O–H groups in total. The van der Waals surface area contributed by atoms with Gasteiger partial charge in [0.2, 0.25) is 15.1 Å². The Hall–Kier alpha value is -0.140. The Morgan fingerprint density at radius 3 is 2.12 bits per heavy atom. The van der Waals surface area contributed by atoms with Crippen LogP contribution in [0.25, 0.3) is 0 Å². The van der Waals surface area contributed by atoms with Crippen molar-refractivity contribution in [3.8, 4) is 0 Å². The lowest BCUT2D eigenvalue weighted by Gasteiger charge is -2.07. The molecule has 0 radical (unpaired) electrons. The summed E-state index contributed by atoms with van der Waals surface area (Å²) in [6.45, 7) is 1.92. The van der Waals surface area contributed by atoms with Crippen molar-refractivity contribution in [3.63, 3.8) is 0 Å². The van der Waals surface area contributed by atoms with Crippen LogP contribution in [0.3, 0.4) is 0 Å². The molecule has 0 aliphatic rings. The fraction of sp³-hybridized carbons (Fsp3) is 0.429. The largest absolute Gasteiger partial charge is 0.365 e. The van der Waals surface area contributed by atoms with Crippen LogP contribution < -0.4 is 0 Å². The van der Waals surface area contributed by atoms with E-state index in [4.69, 9.17) is 39.5 Å². The Balaban J connectivity index is 3.23. The zero-order chi connectivity index (χ0) is 12.3. The van der Waals surface area contributed by atoms with Crippen molar-refractivity contribution in [2.24, 2.45) is 0 Å². The van der Waals surface area contributed by atoms with E-state index in [2.05, 4.69) is 9.97 Å². The monoisotopic (exact) mass is 304 g/mol. The van der Waals surface area contributed by atoms with E-state index in [9.17, 15) is 8.42 Å². The van der Waals surface area contributed by atoms with Crippen LogP contribution in [0.1, 0.15) is 6.92 Å². The first-order valence-electron chi connectivity index (χ1n) is 4.07. The molecule has 0 aliphatic heterocycles. The lowest BCUT2D eigenvalue weighted by molar-refractivity contribution is 0.192. The first-order valence-corrected chi connectivity index (χ1v) is 6.86. The Kier molecular flexibility index (Phi) is 4.75. The van der Waals surface area contributed by atoms with E-state index in [1.165, 1.54) is 0 Å². The first kappa shape index (κ1) is 13.9. The highest BCUT2D eigenvalue weighted by molar-refractivity contribution is 7.91. The number of hydrogen-bond donors (Lipinski definition) is 0. The zero-order valence-electron chi connectivity index (χ0n) is 8.08. The van der Waals surface area contributed by atoms with Gasteiger partial charge in [0.25, 0.3) is 0 Å². The first-order chi connectivity index (χ1) is 7.38. The minimum Gasteiger partial charge on any atom is -0.365 e. The molecule has 90 valence electrons. The lowest BCUT2D eigenvalue weighted by Crippen LogP contribution is -2.12. The van der Waals surface area contributed by atoms with Crippen molar-refractivity contribution in [3.05, 3.63) is 15.6 Å². The maximum Gasteiger partial charge on any atom is 0.225 e. The van der Waals surface area contributed by atoms with Gasteiger partial charge in [0, 0.05) is 6.61 Å². The number of hydrogen-bond acceptors (Lipinski definition) is 5. The molecule has 16 heavy (non-hydrogen) atoms. The van der Waals surface area contributed by atoms with Gasteiger partial charge in [-0.25, -0.2) is 18.4 Å². The van der Waals surface area contributed by atoms with Gasteiger partial charge in [0.15, 0.2) is 16.2 Å². The van der Waals surface area contributed by atoms with Crippen LogP contribution in [0.4, 0.5) is 0 Å². The van der Waals surface area contributed by atoms with E-state index in [1.54, 1.807) is 6.92 Å². The average Bonchev–Trinajstić information content (AvgIpc) is 2.12. The average molecular weight is 306 g/mol. The van der Waals surface area contributed by atoms with Crippen LogP contribution in [0.15, 0.2) is 4.90 Å². The third kappa shape index (κ3) is 3.18. The summed E-state index contributed by atoms with van der Waals surface area (Å²) in [4.78, 5) is 6.65. The Labute approximate surface area is 108 Å². The van der Waals surface area contributed by atoms with Crippen molar-refractivity contribution in [2.75, 3.05) is 12.5 Å². The summed E-state index contributed by atoms with van der Waals surface area (Å²) in [6.07, 6.45) is 0. The van der Waals surface area contributed by atoms with E-state index in [1.807, 2.05) is 0 Å². The second-order valence-corrected chi connectivity index (χ2v) is 5.56. The molecule has 0 saturated carbocycles. The van der Waals surface area contributed by atoms with Gasteiger partial charge in [-0.1, -0.05) is 23.2 Å². The summed E-state index contributed by atoms with van der Waals surface area (Å²) in [7, 11) is -3.77. The molecule has 0 bridgehead atoms. The van der Waals surface area contributed by atoms with Crippen molar-refractivity contribution < 1.29 is 13.2 Å². The van der Waals surface area contributed by atoms with Gasteiger partial charge in [-0.3, -0.25) is 0 Å².